The normalized spacial score (nSPS) is 15.9. The van der Waals surface area contributed by atoms with Crippen LogP contribution in [0.2, 0.25) is 0 Å². The lowest BCUT2D eigenvalue weighted by Crippen LogP contribution is -2.37. The van der Waals surface area contributed by atoms with Gasteiger partial charge in [0.25, 0.3) is 5.91 Å². The number of amides is 1. The van der Waals surface area contributed by atoms with Gasteiger partial charge in [-0.1, -0.05) is 78.4 Å². The van der Waals surface area contributed by atoms with Crippen LogP contribution in [0.15, 0.2) is 97.1 Å². The molecule has 4 aromatic rings. The van der Waals surface area contributed by atoms with Crippen LogP contribution in [-0.2, 0) is 24.3 Å². The zero-order valence-electron chi connectivity index (χ0n) is 21.9. The lowest BCUT2D eigenvalue weighted by atomic mass is 9.87. The second-order valence-corrected chi connectivity index (χ2v) is 9.99. The number of ether oxygens (including phenoxy) is 1. The third-order valence-electron chi connectivity index (χ3n) is 7.07. The Bertz CT molecular complexity index is 1410. The van der Waals surface area contributed by atoms with Gasteiger partial charge < -0.3 is 10.1 Å². The molecule has 0 aromatic heterocycles. The van der Waals surface area contributed by atoms with E-state index >= 15 is 0 Å². The van der Waals surface area contributed by atoms with E-state index in [4.69, 9.17) is 4.74 Å². The Balaban J connectivity index is 1.35. The third kappa shape index (κ3) is 6.12. The lowest BCUT2D eigenvalue weighted by Gasteiger charge is -2.38. The molecule has 5 rings (SSSR count). The van der Waals surface area contributed by atoms with Crippen LogP contribution in [0.4, 0.5) is 4.39 Å². The fraction of sp³-hybridized carbons (Fsp3) is 0.242. The first-order chi connectivity index (χ1) is 18.5. The minimum absolute atomic E-state index is 0.0844. The molecule has 5 heteroatoms. The van der Waals surface area contributed by atoms with Crippen molar-refractivity contribution in [1.82, 2.24) is 10.2 Å². The summed E-state index contributed by atoms with van der Waals surface area (Å²) in [5.41, 5.74) is 7.01. The molecule has 194 valence electrons. The second kappa shape index (κ2) is 11.6. The van der Waals surface area contributed by atoms with Crippen molar-refractivity contribution in [3.8, 4) is 5.75 Å². The van der Waals surface area contributed by atoms with E-state index in [2.05, 4.69) is 77.8 Å². The van der Waals surface area contributed by atoms with E-state index < -0.39 is 6.10 Å². The van der Waals surface area contributed by atoms with Gasteiger partial charge in [0.15, 0.2) is 6.10 Å². The van der Waals surface area contributed by atoms with E-state index in [0.29, 0.717) is 11.3 Å². The van der Waals surface area contributed by atoms with Crippen LogP contribution in [-0.4, -0.2) is 23.5 Å². The van der Waals surface area contributed by atoms with Crippen molar-refractivity contribution in [3.05, 3.63) is 136 Å². The molecule has 0 bridgehead atoms. The number of halogens is 1. The predicted molar refractivity (Wildman–Crippen MR) is 148 cm³/mol. The Kier molecular flexibility index (Phi) is 7.85. The Morgan fingerprint density at radius 2 is 1.76 bits per heavy atom. The number of nitrogens with zero attached hydrogens (tertiary/aromatic N) is 1. The molecule has 4 nitrogen and oxygen atoms in total. The molecule has 1 amide bonds. The Morgan fingerprint density at radius 3 is 2.55 bits per heavy atom. The SMILES string of the molecule is Cc1cccc(CN2CCc3ccc(OC(C)C(=O)NCc4cccc(F)c4)cc3C2c2ccccc2)c1. The molecule has 1 aliphatic heterocycles. The van der Waals surface area contributed by atoms with Crippen molar-refractivity contribution in [1.29, 1.82) is 0 Å². The quantitative estimate of drug-likeness (QED) is 0.301. The van der Waals surface area contributed by atoms with Crippen LogP contribution in [0.1, 0.15) is 46.3 Å². The number of nitrogens with one attached hydrogen (secondary N) is 1. The molecule has 1 aliphatic rings. The summed E-state index contributed by atoms with van der Waals surface area (Å²) in [5, 5.41) is 2.84. The van der Waals surface area contributed by atoms with Crippen molar-refractivity contribution < 1.29 is 13.9 Å². The van der Waals surface area contributed by atoms with E-state index in [0.717, 1.165) is 19.5 Å². The van der Waals surface area contributed by atoms with Gasteiger partial charge in [-0.3, -0.25) is 9.69 Å². The Morgan fingerprint density at radius 1 is 0.974 bits per heavy atom. The summed E-state index contributed by atoms with van der Waals surface area (Å²) < 4.78 is 19.6. The van der Waals surface area contributed by atoms with Crippen LogP contribution in [0.3, 0.4) is 0 Å². The molecule has 1 heterocycles. The topological polar surface area (TPSA) is 41.6 Å². The van der Waals surface area contributed by atoms with Crippen molar-refractivity contribution in [2.45, 2.75) is 45.5 Å². The Hall–Kier alpha value is -3.96. The molecule has 0 radical (unpaired) electrons. The molecule has 0 spiro atoms. The number of hydrogen-bond acceptors (Lipinski definition) is 3. The molecule has 0 aliphatic carbocycles. The smallest absolute Gasteiger partial charge is 0.261 e. The minimum Gasteiger partial charge on any atom is -0.481 e. The Labute approximate surface area is 224 Å². The number of carbonyl (C=O) groups excluding carboxylic acids is 1. The van der Waals surface area contributed by atoms with Gasteiger partial charge >= 0.3 is 0 Å². The number of benzene rings is 4. The van der Waals surface area contributed by atoms with Crippen molar-refractivity contribution in [2.24, 2.45) is 0 Å². The first-order valence-electron chi connectivity index (χ1n) is 13.1. The zero-order valence-corrected chi connectivity index (χ0v) is 21.9. The fourth-order valence-corrected chi connectivity index (χ4v) is 5.20. The molecule has 0 saturated heterocycles. The van der Waals surface area contributed by atoms with Crippen LogP contribution >= 0.6 is 0 Å². The molecule has 2 atom stereocenters. The maximum atomic E-state index is 13.5. The van der Waals surface area contributed by atoms with Crippen LogP contribution in [0.5, 0.6) is 5.75 Å². The van der Waals surface area contributed by atoms with Crippen LogP contribution in [0, 0.1) is 12.7 Å². The largest absolute Gasteiger partial charge is 0.481 e. The monoisotopic (exact) mass is 508 g/mol. The molecule has 4 aromatic carbocycles. The highest BCUT2D eigenvalue weighted by molar-refractivity contribution is 5.80. The standard InChI is InChI=1S/C33H33FN2O2/c1-23-8-6-10-26(18-23)22-36-17-16-27-14-15-30(20-31(27)32(36)28-11-4-3-5-12-28)38-24(2)33(37)35-21-25-9-7-13-29(34)19-25/h3-15,18-20,24,32H,16-17,21-22H2,1-2H3,(H,35,37). The predicted octanol–water partition coefficient (Wildman–Crippen LogP) is 6.37. The first-order valence-corrected chi connectivity index (χ1v) is 13.1. The lowest BCUT2D eigenvalue weighted by molar-refractivity contribution is -0.127. The number of carbonyl (C=O) groups is 1. The van der Waals surface area contributed by atoms with Gasteiger partial charge in [-0.2, -0.15) is 0 Å². The van der Waals surface area contributed by atoms with Gasteiger partial charge in [-0.05, 0) is 72.4 Å². The van der Waals surface area contributed by atoms with Gasteiger partial charge in [0.2, 0.25) is 0 Å². The zero-order chi connectivity index (χ0) is 26.5. The van der Waals surface area contributed by atoms with E-state index in [1.54, 1.807) is 19.1 Å². The number of fused-ring (bicyclic) bond motifs is 1. The van der Waals surface area contributed by atoms with Crippen molar-refractivity contribution in [2.75, 3.05) is 6.54 Å². The molecular formula is C33H33FN2O2. The molecule has 1 N–H and O–H groups in total. The highest BCUT2D eigenvalue weighted by atomic mass is 19.1. The van der Waals surface area contributed by atoms with E-state index in [9.17, 15) is 9.18 Å². The molecule has 2 unspecified atom stereocenters. The maximum absolute atomic E-state index is 13.5. The third-order valence-corrected chi connectivity index (χ3v) is 7.07. The summed E-state index contributed by atoms with van der Waals surface area (Å²) in [4.78, 5) is 15.2. The van der Waals surface area contributed by atoms with Gasteiger partial charge in [0.05, 0.1) is 6.04 Å². The molecule has 0 saturated carbocycles. The molecule has 0 fully saturated rings. The molecule has 38 heavy (non-hydrogen) atoms. The van der Waals surface area contributed by atoms with E-state index in [1.807, 2.05) is 12.1 Å². The minimum atomic E-state index is -0.691. The van der Waals surface area contributed by atoms with Crippen molar-refractivity contribution >= 4 is 5.91 Å². The summed E-state index contributed by atoms with van der Waals surface area (Å²) in [5.74, 6) is 0.0997. The highest BCUT2D eigenvalue weighted by Gasteiger charge is 2.29. The number of hydrogen-bond donors (Lipinski definition) is 1. The van der Waals surface area contributed by atoms with E-state index in [-0.39, 0.29) is 24.3 Å². The highest BCUT2D eigenvalue weighted by Crippen LogP contribution is 2.38. The number of rotatable bonds is 8. The fourth-order valence-electron chi connectivity index (χ4n) is 5.20. The van der Waals surface area contributed by atoms with Gasteiger partial charge in [-0.25, -0.2) is 4.39 Å². The summed E-state index contributed by atoms with van der Waals surface area (Å²) in [6.07, 6.45) is 0.262. The summed E-state index contributed by atoms with van der Waals surface area (Å²) in [6, 6.07) is 31.7. The number of aryl methyl sites for hydroxylation is 1. The maximum Gasteiger partial charge on any atom is 0.261 e. The second-order valence-electron chi connectivity index (χ2n) is 9.99. The summed E-state index contributed by atoms with van der Waals surface area (Å²) >= 11 is 0. The summed E-state index contributed by atoms with van der Waals surface area (Å²) in [6.45, 7) is 5.92. The molecular weight excluding hydrogens is 475 g/mol. The van der Waals surface area contributed by atoms with Gasteiger partial charge in [0.1, 0.15) is 11.6 Å². The van der Waals surface area contributed by atoms with Gasteiger partial charge in [0, 0.05) is 19.6 Å². The van der Waals surface area contributed by atoms with E-state index in [1.165, 1.54) is 39.9 Å². The first kappa shape index (κ1) is 25.7. The summed E-state index contributed by atoms with van der Waals surface area (Å²) in [7, 11) is 0. The van der Waals surface area contributed by atoms with Crippen LogP contribution < -0.4 is 10.1 Å². The average Bonchev–Trinajstić information content (AvgIpc) is 2.92. The average molecular weight is 509 g/mol. The van der Waals surface area contributed by atoms with Gasteiger partial charge in [-0.15, -0.1) is 0 Å². The van der Waals surface area contributed by atoms with Crippen molar-refractivity contribution in [3.63, 3.8) is 0 Å². The van der Waals surface area contributed by atoms with Crippen LogP contribution in [0.25, 0.3) is 0 Å².